The fraction of sp³-hybridized carbons (Fsp3) is 0.333. The zero-order chi connectivity index (χ0) is 4.99. The topological polar surface area (TPSA) is 0 Å². The molecule has 0 aliphatic carbocycles. The van der Waals surface area contributed by atoms with Crippen LogP contribution in [0, 0.1) is 19.3 Å². The summed E-state index contributed by atoms with van der Waals surface area (Å²) in [5, 5.41) is 0. The highest BCUT2D eigenvalue weighted by molar-refractivity contribution is 4.88. The summed E-state index contributed by atoms with van der Waals surface area (Å²) in [5.74, 6) is 0.324. The van der Waals surface area contributed by atoms with E-state index in [-0.39, 0.29) is 0 Å². The van der Waals surface area contributed by atoms with E-state index in [1.54, 1.807) is 6.08 Å². The molecule has 0 aromatic rings. The molecule has 0 amide bonds. The Hall–Kier alpha value is -0.390. The van der Waals surface area contributed by atoms with Crippen molar-refractivity contribution < 1.29 is 0 Å². The Bertz CT molecular complexity index is 37.3. The highest BCUT2D eigenvalue weighted by Crippen LogP contribution is 1.95. The van der Waals surface area contributed by atoms with E-state index in [2.05, 4.69) is 13.5 Å². The molecule has 0 radical (unpaired) electrons. The molecule has 0 N–H and O–H groups in total. The monoisotopic (exact) mass is 82.1 g/mol. The van der Waals surface area contributed by atoms with Crippen molar-refractivity contribution in [1.82, 2.24) is 0 Å². The normalized spacial score (nSPS) is 13.5. The average molecular weight is 82.1 g/mol. The maximum Gasteiger partial charge on any atom is 0.0373 e. The van der Waals surface area contributed by atoms with E-state index in [0.717, 1.165) is 0 Å². The molecule has 0 rings (SSSR count). The second-order valence-electron chi connectivity index (χ2n) is 1.23. The maximum absolute atomic E-state index is 3.70. The average Bonchev–Trinajstić information content (AvgIpc) is 1.65. The SMILES string of the molecule is C=CC([CH2+])[CH-]C. The summed E-state index contributed by atoms with van der Waals surface area (Å²) >= 11 is 0. The second-order valence-corrected chi connectivity index (χ2v) is 1.23. The van der Waals surface area contributed by atoms with Gasteiger partial charge in [0.25, 0.3) is 0 Å². The fourth-order valence-corrected chi connectivity index (χ4v) is 0.136. The molecular weight excluding hydrogens is 72.1 g/mol. The molecule has 0 heterocycles. The first-order chi connectivity index (χ1) is 2.81. The van der Waals surface area contributed by atoms with Crippen molar-refractivity contribution >= 4 is 0 Å². The third-order valence-corrected chi connectivity index (χ3v) is 0.731. The lowest BCUT2D eigenvalue weighted by Crippen LogP contribution is -1.82. The third-order valence-electron chi connectivity index (χ3n) is 0.731. The van der Waals surface area contributed by atoms with E-state index in [9.17, 15) is 0 Å². The fourth-order valence-electron chi connectivity index (χ4n) is 0.136. The van der Waals surface area contributed by atoms with E-state index >= 15 is 0 Å². The van der Waals surface area contributed by atoms with Gasteiger partial charge in [-0.2, -0.15) is 6.92 Å². The van der Waals surface area contributed by atoms with Crippen molar-refractivity contribution in [2.24, 2.45) is 5.92 Å². The van der Waals surface area contributed by atoms with Crippen LogP contribution >= 0.6 is 0 Å². The van der Waals surface area contributed by atoms with Crippen molar-refractivity contribution in [3.63, 3.8) is 0 Å². The van der Waals surface area contributed by atoms with Gasteiger partial charge in [0, 0.05) is 6.92 Å². The number of rotatable bonds is 2. The van der Waals surface area contributed by atoms with Gasteiger partial charge < -0.3 is 0 Å². The van der Waals surface area contributed by atoms with Crippen LogP contribution in [0.5, 0.6) is 0 Å². The predicted molar refractivity (Wildman–Crippen MR) is 29.0 cm³/mol. The molecule has 0 saturated carbocycles. The van der Waals surface area contributed by atoms with Crippen LogP contribution in [0.2, 0.25) is 0 Å². The van der Waals surface area contributed by atoms with Gasteiger partial charge in [-0.1, -0.05) is 6.08 Å². The maximum atomic E-state index is 3.70. The van der Waals surface area contributed by atoms with Crippen LogP contribution in [-0.4, -0.2) is 0 Å². The van der Waals surface area contributed by atoms with E-state index in [4.69, 9.17) is 0 Å². The van der Waals surface area contributed by atoms with Crippen molar-refractivity contribution in [2.75, 3.05) is 0 Å². The molecule has 0 aliphatic heterocycles. The lowest BCUT2D eigenvalue weighted by atomic mass is 10.1. The molecule has 0 spiro atoms. The van der Waals surface area contributed by atoms with E-state index in [1.165, 1.54) is 0 Å². The van der Waals surface area contributed by atoms with Gasteiger partial charge in [0.2, 0.25) is 0 Å². The first kappa shape index (κ1) is 5.61. The van der Waals surface area contributed by atoms with Crippen molar-refractivity contribution in [1.29, 1.82) is 0 Å². The molecule has 0 aromatic heterocycles. The Morgan fingerprint density at radius 1 is 2.00 bits per heavy atom. The Balaban J connectivity index is 2.96. The lowest BCUT2D eigenvalue weighted by Gasteiger charge is -1.98. The number of hydrogen-bond donors (Lipinski definition) is 0. The Morgan fingerprint density at radius 2 is 2.50 bits per heavy atom. The molecule has 1 unspecified atom stereocenters. The summed E-state index contributed by atoms with van der Waals surface area (Å²) in [6.07, 6.45) is 3.80. The van der Waals surface area contributed by atoms with Gasteiger partial charge in [0.1, 0.15) is 0 Å². The standard InChI is InChI=1S/C6H10/c1-4-6(3)5-2/h4-6H,1,3H2,2H3. The smallest absolute Gasteiger partial charge is 0.0373 e. The number of hydrogen-bond acceptors (Lipinski definition) is 0. The van der Waals surface area contributed by atoms with Gasteiger partial charge in [-0.15, -0.1) is 6.58 Å². The molecule has 34 valence electrons. The van der Waals surface area contributed by atoms with Gasteiger partial charge in [0.15, 0.2) is 0 Å². The summed E-state index contributed by atoms with van der Waals surface area (Å²) in [7, 11) is 0. The van der Waals surface area contributed by atoms with Crippen LogP contribution in [0.4, 0.5) is 0 Å². The second kappa shape index (κ2) is 2.83. The third kappa shape index (κ3) is 1.89. The Labute approximate surface area is 39.9 Å². The van der Waals surface area contributed by atoms with Gasteiger partial charge >= 0.3 is 0 Å². The molecule has 0 nitrogen and oxygen atoms in total. The van der Waals surface area contributed by atoms with Gasteiger partial charge in [0.05, 0.1) is 0 Å². The van der Waals surface area contributed by atoms with Crippen molar-refractivity contribution in [3.05, 3.63) is 26.0 Å². The largest absolute Gasteiger partial charge is 0.281 e. The molecule has 1 atom stereocenters. The summed E-state index contributed by atoms with van der Waals surface area (Å²) < 4.78 is 0. The molecular formula is C6H10. The van der Waals surface area contributed by atoms with Crippen LogP contribution in [-0.2, 0) is 0 Å². The molecule has 0 fully saturated rings. The van der Waals surface area contributed by atoms with Gasteiger partial charge in [-0.3, -0.25) is 6.42 Å². The zero-order valence-electron chi connectivity index (χ0n) is 4.15. The summed E-state index contributed by atoms with van der Waals surface area (Å²) in [6, 6.07) is 0. The minimum absolute atomic E-state index is 0.324. The summed E-state index contributed by atoms with van der Waals surface area (Å²) in [5.41, 5.74) is 0. The Morgan fingerprint density at radius 3 is 2.50 bits per heavy atom. The predicted octanol–water partition coefficient (Wildman–Crippen LogP) is 1.85. The number of allylic oxidation sites excluding steroid dienone is 1. The zero-order valence-corrected chi connectivity index (χ0v) is 4.15. The van der Waals surface area contributed by atoms with Crippen molar-refractivity contribution in [2.45, 2.75) is 6.92 Å². The molecule has 0 bridgehead atoms. The van der Waals surface area contributed by atoms with Gasteiger partial charge in [-0.05, 0) is 5.92 Å². The Kier molecular flexibility index (Phi) is 2.64. The molecule has 0 saturated heterocycles. The molecule has 0 aliphatic rings. The lowest BCUT2D eigenvalue weighted by molar-refractivity contribution is 0.960. The quantitative estimate of drug-likeness (QED) is 0.352. The van der Waals surface area contributed by atoms with E-state index in [0.29, 0.717) is 5.92 Å². The molecule has 0 heteroatoms. The first-order valence-corrected chi connectivity index (χ1v) is 2.06. The van der Waals surface area contributed by atoms with Crippen LogP contribution in [0.1, 0.15) is 6.92 Å². The van der Waals surface area contributed by atoms with Crippen LogP contribution in [0.25, 0.3) is 0 Å². The van der Waals surface area contributed by atoms with Crippen LogP contribution < -0.4 is 0 Å². The summed E-state index contributed by atoms with van der Waals surface area (Å²) in [4.78, 5) is 0. The highest BCUT2D eigenvalue weighted by Gasteiger charge is 1.81. The molecule has 0 aromatic carbocycles. The van der Waals surface area contributed by atoms with Crippen molar-refractivity contribution in [3.8, 4) is 0 Å². The van der Waals surface area contributed by atoms with E-state index in [1.807, 2.05) is 13.3 Å². The van der Waals surface area contributed by atoms with E-state index < -0.39 is 0 Å². The first-order valence-electron chi connectivity index (χ1n) is 2.06. The van der Waals surface area contributed by atoms with Crippen LogP contribution in [0.3, 0.4) is 0 Å². The highest BCUT2D eigenvalue weighted by atomic mass is 13.9. The van der Waals surface area contributed by atoms with Gasteiger partial charge in [-0.25, -0.2) is 0 Å². The summed E-state index contributed by atoms with van der Waals surface area (Å²) in [6.45, 7) is 9.21. The minimum atomic E-state index is 0.324. The minimum Gasteiger partial charge on any atom is -0.281 e. The van der Waals surface area contributed by atoms with Crippen LogP contribution in [0.15, 0.2) is 12.7 Å². The molecule has 6 heavy (non-hydrogen) atoms.